The van der Waals surface area contributed by atoms with E-state index in [1.54, 1.807) is 0 Å². The lowest BCUT2D eigenvalue weighted by Gasteiger charge is -2.10. The van der Waals surface area contributed by atoms with Crippen LogP contribution in [0, 0.1) is 20.8 Å². The fraction of sp³-hybridized carbons (Fsp3) is 0.286. The van der Waals surface area contributed by atoms with E-state index in [0.717, 1.165) is 28.2 Å². The van der Waals surface area contributed by atoms with Crippen molar-refractivity contribution in [3.8, 4) is 0 Å². The molecule has 0 bridgehead atoms. The Morgan fingerprint density at radius 2 is 1.94 bits per heavy atom. The van der Waals surface area contributed by atoms with Crippen molar-refractivity contribution in [1.29, 1.82) is 0 Å². The van der Waals surface area contributed by atoms with Gasteiger partial charge in [0.05, 0.1) is 12.1 Å². The molecule has 0 atom stereocenters. The Morgan fingerprint density at radius 3 is 2.50 bits per heavy atom. The van der Waals surface area contributed by atoms with Crippen LogP contribution in [0.25, 0.3) is 0 Å². The molecule has 1 aromatic carbocycles. The number of hydrogen-bond donors (Lipinski definition) is 2. The summed E-state index contributed by atoms with van der Waals surface area (Å²) in [6.07, 6.45) is 0.290. The molecule has 1 heterocycles. The first-order valence-electron chi connectivity index (χ1n) is 5.93. The zero-order valence-electron chi connectivity index (χ0n) is 10.9. The molecule has 0 unspecified atom stereocenters. The highest BCUT2D eigenvalue weighted by molar-refractivity contribution is 5.93. The van der Waals surface area contributed by atoms with Gasteiger partial charge >= 0.3 is 0 Å². The lowest BCUT2D eigenvalue weighted by atomic mass is 10.1. The third-order valence-corrected chi connectivity index (χ3v) is 2.85. The molecule has 0 aliphatic carbocycles. The summed E-state index contributed by atoms with van der Waals surface area (Å²) in [5, 5.41) is 9.83. The standard InChI is InChI=1S/C14H17N3O/c1-9-5-4-6-10(2)14(9)15-13(18)8-12-7-11(3)16-17-12/h4-7H,8H2,1-3H3,(H,15,18)(H,16,17). The van der Waals surface area contributed by atoms with Crippen molar-refractivity contribution in [1.82, 2.24) is 10.2 Å². The highest BCUT2D eigenvalue weighted by Gasteiger charge is 2.09. The summed E-state index contributed by atoms with van der Waals surface area (Å²) in [5.41, 5.74) is 4.76. The molecule has 0 radical (unpaired) electrons. The number of carbonyl (C=O) groups is 1. The normalized spacial score (nSPS) is 10.4. The van der Waals surface area contributed by atoms with Crippen LogP contribution >= 0.6 is 0 Å². The van der Waals surface area contributed by atoms with Gasteiger partial charge in [-0.05, 0) is 38.0 Å². The van der Waals surface area contributed by atoms with E-state index in [0.29, 0.717) is 0 Å². The first kappa shape index (κ1) is 12.4. The molecule has 18 heavy (non-hydrogen) atoms. The van der Waals surface area contributed by atoms with Gasteiger partial charge in [0.15, 0.2) is 0 Å². The summed E-state index contributed by atoms with van der Waals surface area (Å²) in [6.45, 7) is 5.89. The van der Waals surface area contributed by atoms with E-state index in [1.807, 2.05) is 45.0 Å². The second kappa shape index (κ2) is 5.04. The molecule has 2 aromatic rings. The third kappa shape index (κ3) is 2.77. The molecule has 2 N–H and O–H groups in total. The van der Waals surface area contributed by atoms with Crippen LogP contribution in [0.5, 0.6) is 0 Å². The van der Waals surface area contributed by atoms with Crippen molar-refractivity contribution in [2.45, 2.75) is 27.2 Å². The molecule has 0 aliphatic rings. The minimum absolute atomic E-state index is 0.0427. The average Bonchev–Trinajstić information content (AvgIpc) is 2.69. The number of amides is 1. The topological polar surface area (TPSA) is 57.8 Å². The van der Waals surface area contributed by atoms with Gasteiger partial charge in [0.25, 0.3) is 0 Å². The lowest BCUT2D eigenvalue weighted by Crippen LogP contribution is -2.16. The quantitative estimate of drug-likeness (QED) is 0.870. The SMILES string of the molecule is Cc1cc(CC(=O)Nc2c(C)cccc2C)n[nH]1. The summed E-state index contributed by atoms with van der Waals surface area (Å²) in [4.78, 5) is 11.9. The fourth-order valence-electron chi connectivity index (χ4n) is 1.92. The van der Waals surface area contributed by atoms with Gasteiger partial charge in [-0.2, -0.15) is 5.10 Å². The van der Waals surface area contributed by atoms with Crippen molar-refractivity contribution >= 4 is 11.6 Å². The van der Waals surface area contributed by atoms with Gasteiger partial charge in [0.2, 0.25) is 5.91 Å². The summed E-state index contributed by atoms with van der Waals surface area (Å²) in [6, 6.07) is 7.84. The maximum absolute atomic E-state index is 11.9. The van der Waals surface area contributed by atoms with Crippen molar-refractivity contribution in [3.63, 3.8) is 0 Å². The molecule has 0 saturated carbocycles. The zero-order chi connectivity index (χ0) is 13.1. The van der Waals surface area contributed by atoms with Gasteiger partial charge < -0.3 is 5.32 Å². The minimum Gasteiger partial charge on any atom is -0.325 e. The number of nitrogens with one attached hydrogen (secondary N) is 2. The number of aromatic amines is 1. The highest BCUT2D eigenvalue weighted by Crippen LogP contribution is 2.19. The second-order valence-electron chi connectivity index (χ2n) is 4.53. The van der Waals surface area contributed by atoms with Gasteiger partial charge in [-0.25, -0.2) is 0 Å². The van der Waals surface area contributed by atoms with Crippen LogP contribution in [0.3, 0.4) is 0 Å². The second-order valence-corrected chi connectivity index (χ2v) is 4.53. The van der Waals surface area contributed by atoms with Gasteiger partial charge in [-0.1, -0.05) is 18.2 Å². The number of rotatable bonds is 3. The maximum atomic E-state index is 11.9. The average molecular weight is 243 g/mol. The van der Waals surface area contributed by atoms with Crippen LogP contribution in [0.2, 0.25) is 0 Å². The number of anilines is 1. The Morgan fingerprint density at radius 1 is 1.28 bits per heavy atom. The number of para-hydroxylation sites is 1. The van der Waals surface area contributed by atoms with Crippen LogP contribution in [-0.2, 0) is 11.2 Å². The van der Waals surface area contributed by atoms with E-state index >= 15 is 0 Å². The first-order valence-corrected chi connectivity index (χ1v) is 5.93. The number of benzene rings is 1. The van der Waals surface area contributed by atoms with Crippen molar-refractivity contribution in [3.05, 3.63) is 46.8 Å². The van der Waals surface area contributed by atoms with Crippen LogP contribution < -0.4 is 5.32 Å². The predicted molar refractivity (Wildman–Crippen MR) is 71.6 cm³/mol. The predicted octanol–water partition coefficient (Wildman–Crippen LogP) is 2.52. The molecule has 94 valence electrons. The van der Waals surface area contributed by atoms with E-state index in [-0.39, 0.29) is 12.3 Å². The Hall–Kier alpha value is -2.10. The van der Waals surface area contributed by atoms with Crippen LogP contribution in [0.4, 0.5) is 5.69 Å². The summed E-state index contributed by atoms with van der Waals surface area (Å²) < 4.78 is 0. The molecule has 1 amide bonds. The third-order valence-electron chi connectivity index (χ3n) is 2.85. The summed E-state index contributed by atoms with van der Waals surface area (Å²) >= 11 is 0. The summed E-state index contributed by atoms with van der Waals surface area (Å²) in [5.74, 6) is -0.0427. The summed E-state index contributed by atoms with van der Waals surface area (Å²) in [7, 11) is 0. The van der Waals surface area contributed by atoms with Gasteiger partial charge in [0.1, 0.15) is 0 Å². The maximum Gasteiger partial charge on any atom is 0.230 e. The van der Waals surface area contributed by atoms with Crippen molar-refractivity contribution in [2.75, 3.05) is 5.32 Å². The highest BCUT2D eigenvalue weighted by atomic mass is 16.1. The van der Waals surface area contributed by atoms with Gasteiger partial charge in [0, 0.05) is 11.4 Å². The number of H-pyrrole nitrogens is 1. The first-order chi connectivity index (χ1) is 8.56. The van der Waals surface area contributed by atoms with Crippen LogP contribution in [0.1, 0.15) is 22.5 Å². The molecule has 0 aliphatic heterocycles. The molecule has 0 fully saturated rings. The molecule has 1 aromatic heterocycles. The minimum atomic E-state index is -0.0427. The van der Waals surface area contributed by atoms with Crippen LogP contribution in [-0.4, -0.2) is 16.1 Å². The fourth-order valence-corrected chi connectivity index (χ4v) is 1.92. The van der Waals surface area contributed by atoms with E-state index in [1.165, 1.54) is 0 Å². The van der Waals surface area contributed by atoms with E-state index in [4.69, 9.17) is 0 Å². The van der Waals surface area contributed by atoms with Crippen molar-refractivity contribution in [2.24, 2.45) is 0 Å². The monoisotopic (exact) mass is 243 g/mol. The molecule has 2 rings (SSSR count). The molecule has 4 nitrogen and oxygen atoms in total. The van der Waals surface area contributed by atoms with Gasteiger partial charge in [-0.3, -0.25) is 9.89 Å². The van der Waals surface area contributed by atoms with E-state index < -0.39 is 0 Å². The number of hydrogen-bond acceptors (Lipinski definition) is 2. The smallest absolute Gasteiger partial charge is 0.230 e. The van der Waals surface area contributed by atoms with Crippen LogP contribution in [0.15, 0.2) is 24.3 Å². The molecule has 0 spiro atoms. The largest absolute Gasteiger partial charge is 0.325 e. The van der Waals surface area contributed by atoms with E-state index in [9.17, 15) is 4.79 Å². The Bertz CT molecular complexity index is 552. The number of aryl methyl sites for hydroxylation is 3. The Labute approximate surface area is 106 Å². The molecular weight excluding hydrogens is 226 g/mol. The molecular formula is C14H17N3O. The Balaban J connectivity index is 2.08. The number of nitrogens with zero attached hydrogens (tertiary/aromatic N) is 1. The Kier molecular flexibility index (Phi) is 3.46. The number of carbonyl (C=O) groups excluding carboxylic acids is 1. The van der Waals surface area contributed by atoms with E-state index in [2.05, 4.69) is 15.5 Å². The lowest BCUT2D eigenvalue weighted by molar-refractivity contribution is -0.115. The van der Waals surface area contributed by atoms with Gasteiger partial charge in [-0.15, -0.1) is 0 Å². The molecule has 0 saturated heterocycles. The van der Waals surface area contributed by atoms with Crippen molar-refractivity contribution < 1.29 is 4.79 Å². The zero-order valence-corrected chi connectivity index (χ0v) is 10.9. The molecule has 4 heteroatoms. The number of aromatic nitrogens is 2.